The van der Waals surface area contributed by atoms with Crippen molar-refractivity contribution in [1.82, 2.24) is 9.88 Å². The summed E-state index contributed by atoms with van der Waals surface area (Å²) in [5.74, 6) is 0. The lowest BCUT2D eigenvalue weighted by atomic mass is 10.2. The molecule has 0 aliphatic carbocycles. The van der Waals surface area contributed by atoms with E-state index in [9.17, 15) is 0 Å². The van der Waals surface area contributed by atoms with Crippen LogP contribution in [0.5, 0.6) is 0 Å². The third kappa shape index (κ3) is 3.61. The maximum absolute atomic E-state index is 6.09. The molecule has 0 aliphatic rings. The highest BCUT2D eigenvalue weighted by atomic mass is 32.1. The molecular weight excluding hydrogens is 268 g/mol. The van der Waals surface area contributed by atoms with E-state index in [2.05, 4.69) is 42.2 Å². The molecule has 2 rings (SSSR count). The largest absolute Gasteiger partial charge is 0.397 e. The fraction of sp³-hybridized carbons (Fsp3) is 0.533. The van der Waals surface area contributed by atoms with Crippen molar-refractivity contribution in [3.8, 4) is 0 Å². The van der Waals surface area contributed by atoms with E-state index in [4.69, 9.17) is 5.73 Å². The van der Waals surface area contributed by atoms with Crippen LogP contribution in [0.1, 0.15) is 25.3 Å². The Morgan fingerprint density at radius 3 is 2.85 bits per heavy atom. The second-order valence-electron chi connectivity index (χ2n) is 5.49. The summed E-state index contributed by atoms with van der Waals surface area (Å²) in [6.07, 6.45) is 1.10. The lowest BCUT2D eigenvalue weighted by molar-refractivity contribution is 0.273. The van der Waals surface area contributed by atoms with Crippen molar-refractivity contribution in [3.63, 3.8) is 0 Å². The minimum Gasteiger partial charge on any atom is -0.397 e. The zero-order chi connectivity index (χ0) is 14.7. The third-order valence-corrected chi connectivity index (χ3v) is 4.48. The number of thiazole rings is 1. The van der Waals surface area contributed by atoms with Crippen LogP contribution in [-0.2, 0) is 0 Å². The molecule has 0 aliphatic heterocycles. The maximum Gasteiger partial charge on any atom is 0.0907 e. The van der Waals surface area contributed by atoms with E-state index in [0.29, 0.717) is 6.04 Å². The van der Waals surface area contributed by atoms with Crippen molar-refractivity contribution in [3.05, 3.63) is 17.1 Å². The number of nitrogens with two attached hydrogens (primary N) is 1. The number of rotatable bonds is 6. The van der Waals surface area contributed by atoms with E-state index in [1.807, 2.05) is 13.0 Å². The molecular formula is C15H24N4S. The molecule has 0 amide bonds. The molecule has 0 bridgehead atoms. The van der Waals surface area contributed by atoms with Gasteiger partial charge in [0.2, 0.25) is 0 Å². The van der Waals surface area contributed by atoms with Crippen LogP contribution in [0.3, 0.4) is 0 Å². The Kier molecular flexibility index (Phi) is 4.83. The molecule has 0 radical (unpaired) electrons. The number of aryl methyl sites for hydroxylation is 1. The Morgan fingerprint density at radius 2 is 2.15 bits per heavy atom. The Hall–Kier alpha value is -1.33. The van der Waals surface area contributed by atoms with Gasteiger partial charge in [0.1, 0.15) is 0 Å². The molecule has 2 aromatic rings. The summed E-state index contributed by atoms with van der Waals surface area (Å²) >= 11 is 1.68. The Bertz CT molecular complexity index is 577. The number of nitrogens with one attached hydrogen (secondary N) is 1. The molecule has 3 N–H and O–H groups in total. The van der Waals surface area contributed by atoms with E-state index in [1.54, 1.807) is 11.3 Å². The number of nitrogen functional groups attached to an aromatic ring is 1. The van der Waals surface area contributed by atoms with Crippen molar-refractivity contribution in [2.45, 2.75) is 33.2 Å². The highest BCUT2D eigenvalue weighted by Gasteiger charge is 2.06. The average molecular weight is 292 g/mol. The molecule has 1 aromatic heterocycles. The number of nitrogens with zero attached hydrogens (tertiary/aromatic N) is 2. The van der Waals surface area contributed by atoms with Crippen molar-refractivity contribution < 1.29 is 0 Å². The Morgan fingerprint density at radius 1 is 1.40 bits per heavy atom. The fourth-order valence-corrected chi connectivity index (χ4v) is 2.92. The smallest absolute Gasteiger partial charge is 0.0907 e. The van der Waals surface area contributed by atoms with Gasteiger partial charge in [-0.3, -0.25) is 0 Å². The van der Waals surface area contributed by atoms with Crippen LogP contribution in [0.25, 0.3) is 10.2 Å². The molecule has 20 heavy (non-hydrogen) atoms. The van der Waals surface area contributed by atoms with Crippen LogP contribution in [-0.4, -0.2) is 36.1 Å². The van der Waals surface area contributed by atoms with Gasteiger partial charge in [-0.05, 0) is 52.9 Å². The number of hydrogen-bond donors (Lipinski definition) is 2. The lowest BCUT2D eigenvalue weighted by Gasteiger charge is -2.21. The number of aromatic nitrogens is 1. The molecule has 0 fully saturated rings. The molecule has 0 spiro atoms. The Labute approximate surface area is 125 Å². The van der Waals surface area contributed by atoms with E-state index < -0.39 is 0 Å². The van der Waals surface area contributed by atoms with Crippen LogP contribution in [0.15, 0.2) is 12.1 Å². The van der Waals surface area contributed by atoms with Gasteiger partial charge in [-0.1, -0.05) is 0 Å². The summed E-state index contributed by atoms with van der Waals surface area (Å²) in [6, 6.07) is 4.66. The van der Waals surface area contributed by atoms with Crippen LogP contribution in [0.4, 0.5) is 11.4 Å². The third-order valence-electron chi connectivity index (χ3n) is 3.55. The van der Waals surface area contributed by atoms with Crippen LogP contribution in [0.2, 0.25) is 0 Å². The second-order valence-corrected chi connectivity index (χ2v) is 6.73. The van der Waals surface area contributed by atoms with Crippen molar-refractivity contribution in [2.24, 2.45) is 0 Å². The van der Waals surface area contributed by atoms with Crippen LogP contribution in [0, 0.1) is 6.92 Å². The lowest BCUT2D eigenvalue weighted by Crippen LogP contribution is -2.28. The fourth-order valence-electron chi connectivity index (χ4n) is 2.07. The number of benzene rings is 1. The summed E-state index contributed by atoms with van der Waals surface area (Å²) < 4.78 is 1.16. The van der Waals surface area contributed by atoms with Gasteiger partial charge in [-0.25, -0.2) is 4.98 Å². The van der Waals surface area contributed by atoms with Crippen LogP contribution >= 0.6 is 11.3 Å². The standard InChI is InChI=1S/C15H24N4S/c1-10(2)19(4)7-5-6-17-13-9-14-15(8-12(13)16)20-11(3)18-14/h8-10,17H,5-7,16H2,1-4H3. The first-order valence-electron chi connectivity index (χ1n) is 7.08. The van der Waals surface area contributed by atoms with Gasteiger partial charge >= 0.3 is 0 Å². The first-order chi connectivity index (χ1) is 9.47. The minimum absolute atomic E-state index is 0.592. The minimum atomic E-state index is 0.592. The molecule has 0 atom stereocenters. The molecule has 110 valence electrons. The molecule has 0 saturated heterocycles. The second kappa shape index (κ2) is 6.41. The van der Waals surface area contributed by atoms with Gasteiger partial charge in [0.15, 0.2) is 0 Å². The molecule has 0 saturated carbocycles. The summed E-state index contributed by atoms with van der Waals surface area (Å²) in [4.78, 5) is 6.85. The van der Waals surface area contributed by atoms with Crippen molar-refractivity contribution in [2.75, 3.05) is 31.2 Å². The van der Waals surface area contributed by atoms with E-state index in [-0.39, 0.29) is 0 Å². The quantitative estimate of drug-likeness (QED) is 0.633. The van der Waals surface area contributed by atoms with Gasteiger partial charge in [-0.2, -0.15) is 0 Å². The molecule has 4 nitrogen and oxygen atoms in total. The summed E-state index contributed by atoms with van der Waals surface area (Å²) in [6.45, 7) is 8.46. The first kappa shape index (κ1) is 15.1. The predicted octanol–water partition coefficient (Wildman–Crippen LogP) is 3.33. The van der Waals surface area contributed by atoms with E-state index in [0.717, 1.165) is 46.1 Å². The first-order valence-corrected chi connectivity index (χ1v) is 7.90. The Balaban J connectivity index is 1.94. The number of fused-ring (bicyclic) bond motifs is 1. The molecule has 1 heterocycles. The van der Waals surface area contributed by atoms with Gasteiger partial charge in [0.25, 0.3) is 0 Å². The highest BCUT2D eigenvalue weighted by Crippen LogP contribution is 2.29. The van der Waals surface area contributed by atoms with Gasteiger partial charge < -0.3 is 16.0 Å². The monoisotopic (exact) mass is 292 g/mol. The van der Waals surface area contributed by atoms with Crippen LogP contribution < -0.4 is 11.1 Å². The molecule has 1 aromatic carbocycles. The van der Waals surface area contributed by atoms with Crippen molar-refractivity contribution in [1.29, 1.82) is 0 Å². The highest BCUT2D eigenvalue weighted by molar-refractivity contribution is 7.18. The predicted molar refractivity (Wildman–Crippen MR) is 89.6 cm³/mol. The zero-order valence-electron chi connectivity index (χ0n) is 12.7. The van der Waals surface area contributed by atoms with Gasteiger partial charge in [0, 0.05) is 12.6 Å². The van der Waals surface area contributed by atoms with E-state index in [1.165, 1.54) is 0 Å². The van der Waals surface area contributed by atoms with Gasteiger partial charge in [0.05, 0.1) is 26.6 Å². The number of anilines is 2. The topological polar surface area (TPSA) is 54.2 Å². The molecule has 0 unspecified atom stereocenters. The molecule has 5 heteroatoms. The summed E-state index contributed by atoms with van der Waals surface area (Å²) in [5.41, 5.74) is 8.92. The number of hydrogen-bond acceptors (Lipinski definition) is 5. The van der Waals surface area contributed by atoms with E-state index >= 15 is 0 Å². The van der Waals surface area contributed by atoms with Crippen molar-refractivity contribution >= 4 is 32.9 Å². The summed E-state index contributed by atoms with van der Waals surface area (Å²) in [7, 11) is 2.16. The normalized spacial score (nSPS) is 11.7. The summed E-state index contributed by atoms with van der Waals surface area (Å²) in [5, 5.41) is 4.50. The average Bonchev–Trinajstić information content (AvgIpc) is 2.73. The zero-order valence-corrected chi connectivity index (χ0v) is 13.5. The SMILES string of the molecule is Cc1nc2cc(NCCCN(C)C(C)C)c(N)cc2s1. The van der Waals surface area contributed by atoms with Gasteiger partial charge in [-0.15, -0.1) is 11.3 Å². The maximum atomic E-state index is 6.09.